The zero-order chi connectivity index (χ0) is 18.2. The Balaban J connectivity index is 1.68. The molecule has 0 amide bonds. The molecular weight excluding hydrogens is 330 g/mol. The van der Waals surface area contributed by atoms with Gasteiger partial charge in [0.05, 0.1) is 6.04 Å². The third kappa shape index (κ3) is 2.88. The molecule has 0 spiro atoms. The van der Waals surface area contributed by atoms with Crippen molar-refractivity contribution in [1.82, 2.24) is 5.32 Å². The lowest BCUT2D eigenvalue weighted by atomic mass is 9.91. The number of hydrogen-bond donors (Lipinski definition) is 1. The Morgan fingerprint density at radius 3 is 2.26 bits per heavy atom. The minimum atomic E-state index is -0.176. The minimum absolute atomic E-state index is 0.0763. The smallest absolute Gasteiger partial charge is 0.177 e. The summed E-state index contributed by atoms with van der Waals surface area (Å²) in [5.41, 5.74) is 4.85. The van der Waals surface area contributed by atoms with Crippen LogP contribution in [0.15, 0.2) is 91.0 Å². The number of benzene rings is 4. The van der Waals surface area contributed by atoms with Crippen LogP contribution in [0.25, 0.3) is 10.8 Å². The van der Waals surface area contributed by atoms with Gasteiger partial charge in [-0.1, -0.05) is 90.5 Å². The lowest BCUT2D eigenvalue weighted by molar-refractivity contribution is 0.134. The van der Waals surface area contributed by atoms with Crippen molar-refractivity contribution in [2.24, 2.45) is 0 Å². The third-order valence-electron chi connectivity index (χ3n) is 5.30. The SMILES string of the molecule is Cc1ccc(C2NC(c3ccccc3)c3c(ccc4ccccc34)O2)cc1. The maximum atomic E-state index is 6.41. The second-order valence-electron chi connectivity index (χ2n) is 7.12. The van der Waals surface area contributed by atoms with Gasteiger partial charge in [0.15, 0.2) is 6.23 Å². The second-order valence-corrected chi connectivity index (χ2v) is 7.12. The average molecular weight is 351 g/mol. The first-order valence-corrected chi connectivity index (χ1v) is 9.35. The van der Waals surface area contributed by atoms with Crippen LogP contribution >= 0.6 is 0 Å². The molecule has 1 aliphatic rings. The maximum Gasteiger partial charge on any atom is 0.177 e. The van der Waals surface area contributed by atoms with Crippen molar-refractivity contribution in [3.05, 3.63) is 113 Å². The molecule has 1 N–H and O–H groups in total. The third-order valence-corrected chi connectivity index (χ3v) is 5.30. The quantitative estimate of drug-likeness (QED) is 0.484. The van der Waals surface area contributed by atoms with Crippen LogP contribution in [0.2, 0.25) is 0 Å². The van der Waals surface area contributed by atoms with Crippen molar-refractivity contribution in [1.29, 1.82) is 0 Å². The molecule has 27 heavy (non-hydrogen) atoms. The van der Waals surface area contributed by atoms with Gasteiger partial charge in [-0.3, -0.25) is 5.32 Å². The van der Waals surface area contributed by atoms with E-state index in [1.165, 1.54) is 27.5 Å². The van der Waals surface area contributed by atoms with Crippen LogP contribution in [0.3, 0.4) is 0 Å². The molecule has 2 nitrogen and oxygen atoms in total. The van der Waals surface area contributed by atoms with Gasteiger partial charge in [0, 0.05) is 11.1 Å². The molecule has 1 heterocycles. The van der Waals surface area contributed by atoms with Crippen LogP contribution < -0.4 is 10.1 Å². The highest BCUT2D eigenvalue weighted by molar-refractivity contribution is 5.89. The standard InChI is InChI=1S/C25H21NO/c1-17-11-13-20(14-12-17)25-26-24(19-8-3-2-4-9-19)23-21-10-6-5-7-18(21)15-16-22(23)27-25/h2-16,24-26H,1H3. The van der Waals surface area contributed by atoms with Gasteiger partial charge in [0.25, 0.3) is 0 Å². The van der Waals surface area contributed by atoms with Crippen LogP contribution in [0.1, 0.15) is 34.5 Å². The summed E-state index contributed by atoms with van der Waals surface area (Å²) in [6.45, 7) is 2.10. The molecule has 5 rings (SSSR count). The number of hydrogen-bond acceptors (Lipinski definition) is 2. The molecule has 0 saturated heterocycles. The van der Waals surface area contributed by atoms with Crippen LogP contribution in [-0.2, 0) is 0 Å². The van der Waals surface area contributed by atoms with E-state index in [4.69, 9.17) is 4.74 Å². The number of rotatable bonds is 2. The highest BCUT2D eigenvalue weighted by atomic mass is 16.5. The molecule has 0 radical (unpaired) electrons. The predicted molar refractivity (Wildman–Crippen MR) is 110 cm³/mol. The molecule has 2 heteroatoms. The van der Waals surface area contributed by atoms with Crippen LogP contribution in [-0.4, -0.2) is 0 Å². The van der Waals surface area contributed by atoms with Gasteiger partial charge in [-0.05, 0) is 29.3 Å². The first kappa shape index (κ1) is 16.1. The van der Waals surface area contributed by atoms with Gasteiger partial charge in [-0.15, -0.1) is 0 Å². The lowest BCUT2D eigenvalue weighted by Crippen LogP contribution is -2.35. The van der Waals surface area contributed by atoms with Gasteiger partial charge in [-0.25, -0.2) is 0 Å². The van der Waals surface area contributed by atoms with Crippen molar-refractivity contribution in [3.8, 4) is 5.75 Å². The molecule has 0 bridgehead atoms. The summed E-state index contributed by atoms with van der Waals surface area (Å²) in [5, 5.41) is 6.20. The number of ether oxygens (including phenoxy) is 1. The summed E-state index contributed by atoms with van der Waals surface area (Å²) < 4.78 is 6.41. The van der Waals surface area contributed by atoms with E-state index in [-0.39, 0.29) is 12.3 Å². The second kappa shape index (κ2) is 6.57. The topological polar surface area (TPSA) is 21.3 Å². The van der Waals surface area contributed by atoms with E-state index in [1.807, 2.05) is 0 Å². The van der Waals surface area contributed by atoms with E-state index in [0.29, 0.717) is 0 Å². The summed E-state index contributed by atoms with van der Waals surface area (Å²) in [6, 6.07) is 32.0. The van der Waals surface area contributed by atoms with Crippen LogP contribution in [0.4, 0.5) is 0 Å². The van der Waals surface area contributed by atoms with E-state index in [0.717, 1.165) is 11.3 Å². The van der Waals surface area contributed by atoms with Crippen molar-refractivity contribution >= 4 is 10.8 Å². The Morgan fingerprint density at radius 1 is 0.704 bits per heavy atom. The Morgan fingerprint density at radius 2 is 1.44 bits per heavy atom. The molecule has 2 atom stereocenters. The Kier molecular flexibility index (Phi) is 3.92. The molecule has 1 aliphatic heterocycles. The average Bonchev–Trinajstić information content (AvgIpc) is 2.74. The summed E-state index contributed by atoms with van der Waals surface area (Å²) in [4.78, 5) is 0. The fourth-order valence-corrected chi connectivity index (χ4v) is 3.89. The molecular formula is C25H21NO. The van der Waals surface area contributed by atoms with E-state index in [9.17, 15) is 0 Å². The molecule has 0 aliphatic carbocycles. The zero-order valence-electron chi connectivity index (χ0n) is 15.2. The normalized spacial score (nSPS) is 18.7. The van der Waals surface area contributed by atoms with Gasteiger partial charge >= 0.3 is 0 Å². The van der Waals surface area contributed by atoms with Crippen molar-refractivity contribution < 1.29 is 4.74 Å². The summed E-state index contributed by atoms with van der Waals surface area (Å²) >= 11 is 0. The van der Waals surface area contributed by atoms with Gasteiger partial charge in [0.2, 0.25) is 0 Å². The molecule has 4 aromatic rings. The van der Waals surface area contributed by atoms with E-state index in [1.54, 1.807) is 0 Å². The molecule has 0 saturated carbocycles. The fraction of sp³-hybridized carbons (Fsp3) is 0.120. The summed E-state index contributed by atoms with van der Waals surface area (Å²) in [7, 11) is 0. The first-order valence-electron chi connectivity index (χ1n) is 9.35. The van der Waals surface area contributed by atoms with E-state index < -0.39 is 0 Å². The van der Waals surface area contributed by atoms with Crippen LogP contribution in [0, 0.1) is 6.92 Å². The van der Waals surface area contributed by atoms with E-state index in [2.05, 4.69) is 103 Å². The van der Waals surface area contributed by atoms with Gasteiger partial charge in [0.1, 0.15) is 5.75 Å². The lowest BCUT2D eigenvalue weighted by Gasteiger charge is -2.35. The van der Waals surface area contributed by atoms with Gasteiger partial charge in [-0.2, -0.15) is 0 Å². The Labute approximate surface area is 159 Å². The van der Waals surface area contributed by atoms with E-state index >= 15 is 0 Å². The number of aryl methyl sites for hydroxylation is 1. The first-order chi connectivity index (χ1) is 13.3. The fourth-order valence-electron chi connectivity index (χ4n) is 3.89. The highest BCUT2D eigenvalue weighted by Gasteiger charge is 2.30. The van der Waals surface area contributed by atoms with Gasteiger partial charge < -0.3 is 4.74 Å². The molecule has 2 unspecified atom stereocenters. The molecule has 132 valence electrons. The number of nitrogens with one attached hydrogen (secondary N) is 1. The van der Waals surface area contributed by atoms with Crippen molar-refractivity contribution in [2.45, 2.75) is 19.2 Å². The minimum Gasteiger partial charge on any atom is -0.471 e. The summed E-state index contributed by atoms with van der Waals surface area (Å²) in [5.74, 6) is 0.951. The monoisotopic (exact) mass is 351 g/mol. The number of fused-ring (bicyclic) bond motifs is 3. The largest absolute Gasteiger partial charge is 0.471 e. The Hall–Kier alpha value is -3.10. The molecule has 4 aromatic carbocycles. The van der Waals surface area contributed by atoms with Crippen molar-refractivity contribution in [2.75, 3.05) is 0 Å². The zero-order valence-corrected chi connectivity index (χ0v) is 15.2. The Bertz CT molecular complexity index is 1090. The van der Waals surface area contributed by atoms with Crippen molar-refractivity contribution in [3.63, 3.8) is 0 Å². The molecule has 0 fully saturated rings. The predicted octanol–water partition coefficient (Wildman–Crippen LogP) is 5.92. The molecule has 0 aromatic heterocycles. The van der Waals surface area contributed by atoms with Crippen LogP contribution in [0.5, 0.6) is 5.75 Å². The maximum absolute atomic E-state index is 6.41. The summed E-state index contributed by atoms with van der Waals surface area (Å²) in [6.07, 6.45) is -0.176. The highest BCUT2D eigenvalue weighted by Crippen LogP contribution is 2.42.